The third-order valence-electron chi connectivity index (χ3n) is 5.32. The summed E-state index contributed by atoms with van der Waals surface area (Å²) in [5.74, 6) is -0.0904. The van der Waals surface area contributed by atoms with Gasteiger partial charge in [0.05, 0.1) is 0 Å². The van der Waals surface area contributed by atoms with Crippen molar-refractivity contribution in [3.63, 3.8) is 0 Å². The van der Waals surface area contributed by atoms with E-state index in [2.05, 4.69) is 55.9 Å². The molecule has 1 N–H and O–H groups in total. The van der Waals surface area contributed by atoms with Crippen molar-refractivity contribution in [2.45, 2.75) is 6.54 Å². The number of rotatable bonds is 5. The molecular formula is C24H23ClIN3O. The van der Waals surface area contributed by atoms with E-state index in [-0.39, 0.29) is 5.91 Å². The molecule has 4 rings (SSSR count). The third kappa shape index (κ3) is 5.33. The highest BCUT2D eigenvalue weighted by Gasteiger charge is 2.18. The summed E-state index contributed by atoms with van der Waals surface area (Å²) < 4.78 is 1.11. The molecule has 1 aliphatic rings. The second kappa shape index (κ2) is 9.81. The zero-order chi connectivity index (χ0) is 20.9. The van der Waals surface area contributed by atoms with E-state index >= 15 is 0 Å². The van der Waals surface area contributed by atoms with E-state index in [0.717, 1.165) is 47.0 Å². The predicted octanol–water partition coefficient (Wildman–Crippen LogP) is 5.52. The van der Waals surface area contributed by atoms with E-state index in [9.17, 15) is 4.79 Å². The number of anilines is 2. The van der Waals surface area contributed by atoms with Gasteiger partial charge in [0.1, 0.15) is 0 Å². The van der Waals surface area contributed by atoms with E-state index in [1.807, 2.05) is 54.6 Å². The van der Waals surface area contributed by atoms with Crippen molar-refractivity contribution >= 4 is 51.5 Å². The van der Waals surface area contributed by atoms with Crippen LogP contribution in [0.3, 0.4) is 0 Å². The van der Waals surface area contributed by atoms with Crippen LogP contribution in [-0.4, -0.2) is 37.0 Å². The first-order valence-electron chi connectivity index (χ1n) is 9.96. The molecule has 6 heteroatoms. The Morgan fingerprint density at radius 1 is 0.900 bits per heavy atom. The summed E-state index contributed by atoms with van der Waals surface area (Å²) in [5.41, 5.74) is 3.83. The first-order chi connectivity index (χ1) is 14.6. The second-order valence-electron chi connectivity index (χ2n) is 7.36. The number of carbonyl (C=O) groups excluding carboxylic acids is 1. The first kappa shape index (κ1) is 21.2. The van der Waals surface area contributed by atoms with E-state index in [0.29, 0.717) is 5.56 Å². The number of piperazine rings is 1. The maximum Gasteiger partial charge on any atom is 0.255 e. The van der Waals surface area contributed by atoms with Gasteiger partial charge in [-0.3, -0.25) is 9.69 Å². The van der Waals surface area contributed by atoms with Crippen LogP contribution >= 0.6 is 34.2 Å². The number of hydrogen-bond donors (Lipinski definition) is 1. The van der Waals surface area contributed by atoms with E-state index in [1.165, 1.54) is 11.3 Å². The number of nitrogens with zero attached hydrogens (tertiary/aromatic N) is 2. The molecule has 0 aliphatic carbocycles. The summed E-state index contributed by atoms with van der Waals surface area (Å²) in [7, 11) is 0. The molecule has 1 heterocycles. The van der Waals surface area contributed by atoms with Gasteiger partial charge in [-0.1, -0.05) is 29.8 Å². The number of nitrogens with one attached hydrogen (secondary N) is 1. The molecule has 0 bridgehead atoms. The van der Waals surface area contributed by atoms with Gasteiger partial charge >= 0.3 is 0 Å². The third-order valence-corrected chi connectivity index (χ3v) is 6.41. The van der Waals surface area contributed by atoms with Crippen molar-refractivity contribution in [2.24, 2.45) is 0 Å². The van der Waals surface area contributed by atoms with Crippen molar-refractivity contribution in [3.8, 4) is 0 Å². The van der Waals surface area contributed by atoms with Gasteiger partial charge in [-0.15, -0.1) is 0 Å². The Labute approximate surface area is 196 Å². The fourth-order valence-electron chi connectivity index (χ4n) is 3.59. The van der Waals surface area contributed by atoms with Crippen LogP contribution in [0.25, 0.3) is 0 Å². The lowest BCUT2D eigenvalue weighted by Gasteiger charge is -2.36. The average Bonchev–Trinajstić information content (AvgIpc) is 2.77. The van der Waals surface area contributed by atoms with Crippen LogP contribution in [0.2, 0.25) is 5.02 Å². The molecule has 3 aromatic rings. The van der Waals surface area contributed by atoms with Gasteiger partial charge in [0.2, 0.25) is 0 Å². The molecule has 3 aromatic carbocycles. The quantitative estimate of drug-likeness (QED) is 0.441. The Morgan fingerprint density at radius 3 is 2.23 bits per heavy atom. The van der Waals surface area contributed by atoms with Gasteiger partial charge in [-0.25, -0.2) is 0 Å². The lowest BCUT2D eigenvalue weighted by molar-refractivity contribution is 0.102. The fraction of sp³-hybridized carbons (Fsp3) is 0.208. The summed E-state index contributed by atoms with van der Waals surface area (Å²) in [6.45, 7) is 4.82. The van der Waals surface area contributed by atoms with Crippen LogP contribution in [0.4, 0.5) is 11.4 Å². The molecule has 1 aliphatic heterocycles. The van der Waals surface area contributed by atoms with Crippen molar-refractivity contribution in [2.75, 3.05) is 36.4 Å². The maximum atomic E-state index is 12.4. The number of carbonyl (C=O) groups is 1. The average molecular weight is 532 g/mol. The monoisotopic (exact) mass is 531 g/mol. The minimum Gasteiger partial charge on any atom is -0.369 e. The van der Waals surface area contributed by atoms with Gasteiger partial charge in [-0.05, 0) is 82.8 Å². The van der Waals surface area contributed by atoms with Gasteiger partial charge < -0.3 is 10.2 Å². The van der Waals surface area contributed by atoms with Crippen molar-refractivity contribution in [1.82, 2.24) is 4.90 Å². The molecule has 1 amide bonds. The lowest BCUT2D eigenvalue weighted by Crippen LogP contribution is -2.46. The van der Waals surface area contributed by atoms with Gasteiger partial charge in [-0.2, -0.15) is 0 Å². The Hall–Kier alpha value is -2.09. The van der Waals surface area contributed by atoms with Crippen LogP contribution in [0.15, 0.2) is 72.8 Å². The zero-order valence-electron chi connectivity index (χ0n) is 16.5. The van der Waals surface area contributed by atoms with E-state index in [4.69, 9.17) is 11.6 Å². The highest BCUT2D eigenvalue weighted by molar-refractivity contribution is 14.1. The standard InChI is InChI=1S/C24H23ClIN3O/c25-23-4-2-1-3-19(23)17-28-13-15-29(16-14-28)22-11-9-21(10-12-22)27-24(30)18-5-7-20(26)8-6-18/h1-12H,13-17H2,(H,27,30). The Kier molecular flexibility index (Phi) is 6.92. The minimum absolute atomic E-state index is 0.0904. The molecule has 0 atom stereocenters. The largest absolute Gasteiger partial charge is 0.369 e. The van der Waals surface area contributed by atoms with Crippen molar-refractivity contribution in [1.29, 1.82) is 0 Å². The lowest BCUT2D eigenvalue weighted by atomic mass is 10.1. The smallest absolute Gasteiger partial charge is 0.255 e. The van der Waals surface area contributed by atoms with Crippen LogP contribution in [0.5, 0.6) is 0 Å². The molecule has 4 nitrogen and oxygen atoms in total. The topological polar surface area (TPSA) is 35.6 Å². The molecular weight excluding hydrogens is 509 g/mol. The molecule has 154 valence electrons. The summed E-state index contributed by atoms with van der Waals surface area (Å²) in [6, 6.07) is 23.7. The molecule has 30 heavy (non-hydrogen) atoms. The maximum absolute atomic E-state index is 12.4. The number of halogens is 2. The van der Waals surface area contributed by atoms with Gasteiger partial charge in [0.25, 0.3) is 5.91 Å². The van der Waals surface area contributed by atoms with E-state index in [1.54, 1.807) is 0 Å². The molecule has 0 saturated carbocycles. The normalized spacial score (nSPS) is 14.5. The highest BCUT2D eigenvalue weighted by Crippen LogP contribution is 2.22. The van der Waals surface area contributed by atoms with Crippen molar-refractivity contribution in [3.05, 3.63) is 92.5 Å². The summed E-state index contributed by atoms with van der Waals surface area (Å²) in [4.78, 5) is 17.2. The fourth-order valence-corrected chi connectivity index (χ4v) is 4.15. The molecule has 0 unspecified atom stereocenters. The number of amides is 1. The second-order valence-corrected chi connectivity index (χ2v) is 9.02. The predicted molar refractivity (Wildman–Crippen MR) is 132 cm³/mol. The zero-order valence-corrected chi connectivity index (χ0v) is 19.4. The molecule has 0 aromatic heterocycles. The van der Waals surface area contributed by atoms with E-state index < -0.39 is 0 Å². The Morgan fingerprint density at radius 2 is 1.57 bits per heavy atom. The Bertz CT molecular complexity index is 1000. The Balaban J connectivity index is 1.31. The minimum atomic E-state index is -0.0904. The highest BCUT2D eigenvalue weighted by atomic mass is 127. The molecule has 1 fully saturated rings. The van der Waals surface area contributed by atoms with Crippen LogP contribution in [-0.2, 0) is 6.54 Å². The summed E-state index contributed by atoms with van der Waals surface area (Å²) >= 11 is 8.53. The molecule has 0 radical (unpaired) electrons. The first-order valence-corrected chi connectivity index (χ1v) is 11.4. The van der Waals surface area contributed by atoms with Gasteiger partial charge in [0.15, 0.2) is 0 Å². The number of benzene rings is 3. The molecule has 0 spiro atoms. The van der Waals surface area contributed by atoms with Gasteiger partial charge in [0, 0.05) is 58.3 Å². The van der Waals surface area contributed by atoms with Crippen LogP contribution < -0.4 is 10.2 Å². The summed E-state index contributed by atoms with van der Waals surface area (Å²) in [6.07, 6.45) is 0. The SMILES string of the molecule is O=C(Nc1ccc(N2CCN(Cc3ccccc3Cl)CC2)cc1)c1ccc(I)cc1. The summed E-state index contributed by atoms with van der Waals surface area (Å²) in [5, 5.41) is 3.80. The number of hydrogen-bond acceptors (Lipinski definition) is 3. The molecule has 1 saturated heterocycles. The van der Waals surface area contributed by atoms with Crippen LogP contribution in [0, 0.1) is 3.57 Å². The van der Waals surface area contributed by atoms with Crippen LogP contribution in [0.1, 0.15) is 15.9 Å². The van der Waals surface area contributed by atoms with Crippen molar-refractivity contribution < 1.29 is 4.79 Å².